The van der Waals surface area contributed by atoms with Gasteiger partial charge in [-0.2, -0.15) is 0 Å². The molecular weight excluding hydrogens is 296 g/mol. The molecule has 1 saturated carbocycles. The molecule has 1 fully saturated rings. The Kier molecular flexibility index (Phi) is 4.36. The lowest BCUT2D eigenvalue weighted by molar-refractivity contribution is -0.142. The molecule has 23 heavy (non-hydrogen) atoms. The molecule has 2 aromatic rings. The standard InChI is InChI=1S/C16H18N4O3/c21-15(19-13-6-4-11(5-7-13)16(22)23)12-2-1-3-14(8-12)20-9-17-18-10-20/h1-3,8-11,13H,4-7H2,(H,19,21)(H,22,23). The van der Waals surface area contributed by atoms with Crippen LogP contribution in [-0.4, -0.2) is 37.8 Å². The van der Waals surface area contributed by atoms with Gasteiger partial charge in [0.05, 0.1) is 5.92 Å². The Morgan fingerprint density at radius 3 is 2.48 bits per heavy atom. The van der Waals surface area contributed by atoms with Gasteiger partial charge in [0.1, 0.15) is 12.7 Å². The normalized spacial score (nSPS) is 20.9. The van der Waals surface area contributed by atoms with Gasteiger partial charge in [-0.15, -0.1) is 10.2 Å². The summed E-state index contributed by atoms with van der Waals surface area (Å²) in [4.78, 5) is 23.3. The van der Waals surface area contributed by atoms with Gasteiger partial charge in [0.2, 0.25) is 0 Å². The van der Waals surface area contributed by atoms with E-state index in [0.717, 1.165) is 5.69 Å². The van der Waals surface area contributed by atoms with E-state index in [-0.39, 0.29) is 17.9 Å². The number of carboxylic acid groups (broad SMARTS) is 1. The number of amides is 1. The molecule has 3 rings (SSSR count). The van der Waals surface area contributed by atoms with Crippen LogP contribution in [-0.2, 0) is 4.79 Å². The Bertz CT molecular complexity index is 691. The van der Waals surface area contributed by atoms with Crippen LogP contribution in [0.3, 0.4) is 0 Å². The van der Waals surface area contributed by atoms with E-state index in [0.29, 0.717) is 31.2 Å². The van der Waals surface area contributed by atoms with Crippen LogP contribution in [0.15, 0.2) is 36.9 Å². The minimum atomic E-state index is -0.739. The Hall–Kier alpha value is -2.70. The molecule has 2 N–H and O–H groups in total. The highest BCUT2D eigenvalue weighted by Gasteiger charge is 2.26. The average molecular weight is 314 g/mol. The van der Waals surface area contributed by atoms with Crippen molar-refractivity contribution in [3.05, 3.63) is 42.5 Å². The molecule has 0 unspecified atom stereocenters. The molecule has 0 radical (unpaired) electrons. The summed E-state index contributed by atoms with van der Waals surface area (Å²) in [6.45, 7) is 0. The number of hydrogen-bond acceptors (Lipinski definition) is 4. The summed E-state index contributed by atoms with van der Waals surface area (Å²) >= 11 is 0. The average Bonchev–Trinajstić information content (AvgIpc) is 3.10. The minimum Gasteiger partial charge on any atom is -0.481 e. The maximum atomic E-state index is 12.4. The third kappa shape index (κ3) is 3.56. The summed E-state index contributed by atoms with van der Waals surface area (Å²) in [5.74, 6) is -1.16. The molecule has 7 nitrogen and oxygen atoms in total. The molecule has 1 aromatic carbocycles. The number of hydrogen-bond donors (Lipinski definition) is 2. The number of carbonyl (C=O) groups is 2. The summed E-state index contributed by atoms with van der Waals surface area (Å²) in [6.07, 6.45) is 5.78. The van der Waals surface area contributed by atoms with Gasteiger partial charge in [0.15, 0.2) is 0 Å². The molecule has 0 aliphatic heterocycles. The van der Waals surface area contributed by atoms with E-state index in [1.807, 2.05) is 12.1 Å². The fourth-order valence-electron chi connectivity index (χ4n) is 2.90. The van der Waals surface area contributed by atoms with Gasteiger partial charge in [0, 0.05) is 17.3 Å². The number of rotatable bonds is 4. The smallest absolute Gasteiger partial charge is 0.306 e. The number of carbonyl (C=O) groups excluding carboxylic acids is 1. The Morgan fingerprint density at radius 2 is 1.83 bits per heavy atom. The van der Waals surface area contributed by atoms with Crippen molar-refractivity contribution < 1.29 is 14.7 Å². The number of nitrogens with zero attached hydrogens (tertiary/aromatic N) is 3. The lowest BCUT2D eigenvalue weighted by atomic mass is 9.86. The van der Waals surface area contributed by atoms with Gasteiger partial charge >= 0.3 is 5.97 Å². The molecule has 0 bridgehead atoms. The first-order valence-electron chi connectivity index (χ1n) is 7.62. The van der Waals surface area contributed by atoms with E-state index in [1.54, 1.807) is 29.4 Å². The molecule has 0 saturated heterocycles. The largest absolute Gasteiger partial charge is 0.481 e. The van der Waals surface area contributed by atoms with Crippen molar-refractivity contribution in [1.82, 2.24) is 20.1 Å². The second-order valence-electron chi connectivity index (χ2n) is 5.78. The van der Waals surface area contributed by atoms with Gasteiger partial charge in [-0.05, 0) is 43.9 Å². The first-order valence-corrected chi connectivity index (χ1v) is 7.62. The topological polar surface area (TPSA) is 97.1 Å². The van der Waals surface area contributed by atoms with Gasteiger partial charge < -0.3 is 10.4 Å². The van der Waals surface area contributed by atoms with E-state index in [2.05, 4.69) is 15.5 Å². The molecule has 0 spiro atoms. The fraction of sp³-hybridized carbons (Fsp3) is 0.375. The van der Waals surface area contributed by atoms with Crippen LogP contribution in [0.1, 0.15) is 36.0 Å². The SMILES string of the molecule is O=C(NC1CCC(C(=O)O)CC1)c1cccc(-n2cnnc2)c1. The van der Waals surface area contributed by atoms with Crippen LogP contribution in [0.4, 0.5) is 0 Å². The molecular formula is C16H18N4O3. The van der Waals surface area contributed by atoms with Gasteiger partial charge in [-0.1, -0.05) is 6.07 Å². The van der Waals surface area contributed by atoms with Crippen LogP contribution < -0.4 is 5.32 Å². The van der Waals surface area contributed by atoms with Crippen molar-refractivity contribution in [2.45, 2.75) is 31.7 Å². The molecule has 7 heteroatoms. The van der Waals surface area contributed by atoms with Crippen molar-refractivity contribution >= 4 is 11.9 Å². The summed E-state index contributed by atoms with van der Waals surface area (Å²) in [5.41, 5.74) is 1.38. The Balaban J connectivity index is 1.63. The van der Waals surface area contributed by atoms with Crippen molar-refractivity contribution in [1.29, 1.82) is 0 Å². The van der Waals surface area contributed by atoms with Crippen molar-refractivity contribution in [3.8, 4) is 5.69 Å². The molecule has 1 amide bonds. The zero-order valence-electron chi connectivity index (χ0n) is 12.6. The van der Waals surface area contributed by atoms with E-state index in [9.17, 15) is 9.59 Å². The van der Waals surface area contributed by atoms with Gasteiger partial charge in [-0.3, -0.25) is 14.2 Å². The maximum Gasteiger partial charge on any atom is 0.306 e. The zero-order valence-corrected chi connectivity index (χ0v) is 12.6. The highest BCUT2D eigenvalue weighted by atomic mass is 16.4. The molecule has 1 heterocycles. The van der Waals surface area contributed by atoms with E-state index in [1.165, 1.54) is 0 Å². The Morgan fingerprint density at radius 1 is 1.13 bits per heavy atom. The second-order valence-corrected chi connectivity index (χ2v) is 5.78. The second kappa shape index (κ2) is 6.60. The molecule has 1 aromatic heterocycles. The summed E-state index contributed by atoms with van der Waals surface area (Å²) < 4.78 is 1.73. The van der Waals surface area contributed by atoms with Crippen molar-refractivity contribution in [2.24, 2.45) is 5.92 Å². The zero-order chi connectivity index (χ0) is 16.2. The number of benzene rings is 1. The molecule has 120 valence electrons. The number of nitrogens with one attached hydrogen (secondary N) is 1. The number of carboxylic acids is 1. The van der Waals surface area contributed by atoms with E-state index >= 15 is 0 Å². The highest BCUT2D eigenvalue weighted by Crippen LogP contribution is 2.24. The van der Waals surface area contributed by atoms with Crippen LogP contribution in [0, 0.1) is 5.92 Å². The van der Waals surface area contributed by atoms with Crippen LogP contribution in [0.5, 0.6) is 0 Å². The fourth-order valence-corrected chi connectivity index (χ4v) is 2.90. The molecule has 1 aliphatic rings. The highest BCUT2D eigenvalue weighted by molar-refractivity contribution is 5.94. The number of aliphatic carboxylic acids is 1. The predicted molar refractivity (Wildman–Crippen MR) is 82.2 cm³/mol. The monoisotopic (exact) mass is 314 g/mol. The molecule has 0 atom stereocenters. The summed E-state index contributed by atoms with van der Waals surface area (Å²) in [6, 6.07) is 7.26. The third-order valence-electron chi connectivity index (χ3n) is 4.24. The van der Waals surface area contributed by atoms with Crippen LogP contribution in [0.25, 0.3) is 5.69 Å². The van der Waals surface area contributed by atoms with Crippen LogP contribution >= 0.6 is 0 Å². The lowest BCUT2D eigenvalue weighted by Crippen LogP contribution is -2.38. The quantitative estimate of drug-likeness (QED) is 0.894. The first-order chi connectivity index (χ1) is 11.1. The maximum absolute atomic E-state index is 12.4. The molecule has 1 aliphatic carbocycles. The summed E-state index contributed by atoms with van der Waals surface area (Å²) in [7, 11) is 0. The van der Waals surface area contributed by atoms with Crippen LogP contribution in [0.2, 0.25) is 0 Å². The predicted octanol–water partition coefficient (Wildman–Crippen LogP) is 1.64. The third-order valence-corrected chi connectivity index (χ3v) is 4.24. The number of aromatic nitrogens is 3. The Labute approximate surface area is 133 Å². The summed E-state index contributed by atoms with van der Waals surface area (Å²) in [5, 5.41) is 19.5. The van der Waals surface area contributed by atoms with Crippen molar-refractivity contribution in [2.75, 3.05) is 0 Å². The minimum absolute atomic E-state index is 0.0386. The van der Waals surface area contributed by atoms with E-state index < -0.39 is 5.97 Å². The van der Waals surface area contributed by atoms with Gasteiger partial charge in [0.25, 0.3) is 5.91 Å². The van der Waals surface area contributed by atoms with E-state index in [4.69, 9.17) is 5.11 Å². The lowest BCUT2D eigenvalue weighted by Gasteiger charge is -2.26. The van der Waals surface area contributed by atoms with Gasteiger partial charge in [-0.25, -0.2) is 0 Å². The van der Waals surface area contributed by atoms with Crippen molar-refractivity contribution in [3.63, 3.8) is 0 Å². The first kappa shape index (κ1) is 15.2.